The lowest BCUT2D eigenvalue weighted by molar-refractivity contribution is 0.0600. The van der Waals surface area contributed by atoms with Gasteiger partial charge >= 0.3 is 5.97 Å². The molecule has 1 aromatic carbocycles. The average molecular weight is 330 g/mol. The summed E-state index contributed by atoms with van der Waals surface area (Å²) in [7, 11) is -0.659. The largest absolute Gasteiger partial charge is 0.465 e. The quantitative estimate of drug-likeness (QED) is 0.468. The first-order valence-electron chi connectivity index (χ1n) is 6.83. The molecule has 0 aliphatic carbocycles. The number of nitrogens with one attached hydrogen (secondary N) is 2. The number of methoxy groups -OCH3 is 2. The van der Waals surface area contributed by atoms with Gasteiger partial charge in [-0.25, -0.2) is 17.9 Å². The van der Waals surface area contributed by atoms with E-state index in [-0.39, 0.29) is 17.9 Å². The summed E-state index contributed by atoms with van der Waals surface area (Å²) in [6.45, 7) is 2.00. The molecule has 124 valence electrons. The van der Waals surface area contributed by atoms with Crippen LogP contribution in [0.1, 0.15) is 15.9 Å². The molecule has 1 rings (SSSR count). The van der Waals surface area contributed by atoms with Crippen molar-refractivity contribution in [2.24, 2.45) is 0 Å². The van der Waals surface area contributed by atoms with Gasteiger partial charge in [0.15, 0.2) is 0 Å². The lowest BCUT2D eigenvalue weighted by Gasteiger charge is -2.10. The third kappa shape index (κ3) is 6.52. The molecule has 2 N–H and O–H groups in total. The number of carbonyl (C=O) groups excluding carboxylic acids is 1. The molecule has 0 aliphatic heterocycles. The average Bonchev–Trinajstić information content (AvgIpc) is 2.50. The molecule has 22 heavy (non-hydrogen) atoms. The third-order valence-electron chi connectivity index (χ3n) is 2.87. The molecule has 0 aliphatic rings. The molecule has 0 radical (unpaired) electrons. The zero-order valence-corrected chi connectivity index (χ0v) is 13.6. The minimum atomic E-state index is -3.52. The Hall–Kier alpha value is -1.48. The summed E-state index contributed by atoms with van der Waals surface area (Å²) in [6.07, 6.45) is 0. The second kappa shape index (κ2) is 9.52. The number of hydrogen-bond acceptors (Lipinski definition) is 6. The van der Waals surface area contributed by atoms with Crippen molar-refractivity contribution in [1.29, 1.82) is 0 Å². The van der Waals surface area contributed by atoms with Crippen LogP contribution < -0.4 is 10.0 Å². The van der Waals surface area contributed by atoms with Gasteiger partial charge in [-0.15, -0.1) is 0 Å². The molecule has 0 amide bonds. The summed E-state index contributed by atoms with van der Waals surface area (Å²) in [4.78, 5) is 11.6. The number of benzene rings is 1. The molecule has 0 heterocycles. The Balaban J connectivity index is 2.56. The molecule has 8 heteroatoms. The first kappa shape index (κ1) is 18.6. The number of esters is 1. The molecule has 1 aromatic rings. The van der Waals surface area contributed by atoms with Gasteiger partial charge in [-0.1, -0.05) is 18.2 Å². The smallest absolute Gasteiger partial charge is 0.338 e. The summed E-state index contributed by atoms with van der Waals surface area (Å²) in [5.41, 5.74) is 0.669. The number of ether oxygens (including phenoxy) is 2. The van der Waals surface area contributed by atoms with Crippen LogP contribution in [0, 0.1) is 0 Å². The van der Waals surface area contributed by atoms with Crippen molar-refractivity contribution in [3.63, 3.8) is 0 Å². The first-order chi connectivity index (χ1) is 10.5. The van der Waals surface area contributed by atoms with Crippen molar-refractivity contribution in [3.8, 4) is 0 Å². The van der Waals surface area contributed by atoms with E-state index >= 15 is 0 Å². The summed E-state index contributed by atoms with van der Waals surface area (Å²) < 4.78 is 36.1. The predicted molar refractivity (Wildman–Crippen MR) is 83.2 cm³/mol. The van der Waals surface area contributed by atoms with Crippen LogP contribution in [0.3, 0.4) is 0 Å². The number of hydrogen-bond donors (Lipinski definition) is 2. The van der Waals surface area contributed by atoms with Crippen LogP contribution in [0.15, 0.2) is 24.3 Å². The molecule has 0 bridgehead atoms. The van der Waals surface area contributed by atoms with E-state index in [9.17, 15) is 13.2 Å². The maximum atomic E-state index is 12.0. The zero-order valence-electron chi connectivity index (χ0n) is 12.8. The van der Waals surface area contributed by atoms with Gasteiger partial charge in [0, 0.05) is 26.7 Å². The van der Waals surface area contributed by atoms with Crippen LogP contribution in [-0.2, 0) is 25.2 Å². The van der Waals surface area contributed by atoms with Crippen LogP contribution in [0.2, 0.25) is 0 Å². The van der Waals surface area contributed by atoms with Gasteiger partial charge in [0.25, 0.3) is 0 Å². The van der Waals surface area contributed by atoms with Crippen molar-refractivity contribution in [1.82, 2.24) is 10.0 Å². The van der Waals surface area contributed by atoms with E-state index in [0.717, 1.165) is 0 Å². The molecule has 0 atom stereocenters. The Morgan fingerprint density at radius 1 is 1.14 bits per heavy atom. The van der Waals surface area contributed by atoms with E-state index in [2.05, 4.69) is 14.8 Å². The minimum absolute atomic E-state index is 0.258. The van der Waals surface area contributed by atoms with E-state index in [4.69, 9.17) is 4.74 Å². The highest BCUT2D eigenvalue weighted by molar-refractivity contribution is 7.88. The first-order valence-corrected chi connectivity index (χ1v) is 8.48. The fourth-order valence-electron chi connectivity index (χ4n) is 1.81. The standard InChI is InChI=1S/C14H22N2O5S/c1-20-10-9-15-7-8-16-22(18,19)11-12-5-3-4-6-13(12)14(17)21-2/h3-6,15-16H,7-11H2,1-2H3. The maximum absolute atomic E-state index is 12.0. The number of sulfonamides is 1. The molecule has 0 unspecified atom stereocenters. The third-order valence-corrected chi connectivity index (χ3v) is 4.21. The highest BCUT2D eigenvalue weighted by Gasteiger charge is 2.17. The summed E-state index contributed by atoms with van der Waals surface area (Å²) >= 11 is 0. The van der Waals surface area contributed by atoms with Crippen molar-refractivity contribution in [3.05, 3.63) is 35.4 Å². The SMILES string of the molecule is COCCNCCNS(=O)(=O)Cc1ccccc1C(=O)OC. The van der Waals surface area contributed by atoms with Gasteiger partial charge in [-0.3, -0.25) is 0 Å². The van der Waals surface area contributed by atoms with Crippen molar-refractivity contribution >= 4 is 16.0 Å². The molecule has 0 saturated heterocycles. The fourth-order valence-corrected chi connectivity index (χ4v) is 2.98. The minimum Gasteiger partial charge on any atom is -0.465 e. The van der Waals surface area contributed by atoms with Crippen LogP contribution in [-0.4, -0.2) is 54.8 Å². The Bertz CT molecular complexity index is 574. The van der Waals surface area contributed by atoms with Crippen LogP contribution in [0.5, 0.6) is 0 Å². The maximum Gasteiger partial charge on any atom is 0.338 e. The van der Waals surface area contributed by atoms with E-state index in [1.165, 1.54) is 7.11 Å². The Morgan fingerprint density at radius 3 is 2.55 bits per heavy atom. The summed E-state index contributed by atoms with van der Waals surface area (Å²) in [6, 6.07) is 6.49. The lowest BCUT2D eigenvalue weighted by atomic mass is 10.1. The normalized spacial score (nSPS) is 11.4. The molecular formula is C14H22N2O5S. The molecule has 0 fully saturated rings. The highest BCUT2D eigenvalue weighted by atomic mass is 32.2. The van der Waals surface area contributed by atoms with Crippen molar-refractivity contribution < 1.29 is 22.7 Å². The Morgan fingerprint density at radius 2 is 1.86 bits per heavy atom. The van der Waals surface area contributed by atoms with Gasteiger partial charge < -0.3 is 14.8 Å². The topological polar surface area (TPSA) is 93.7 Å². The Labute approximate surface area is 131 Å². The highest BCUT2D eigenvalue weighted by Crippen LogP contribution is 2.13. The van der Waals surface area contributed by atoms with Gasteiger partial charge in [0.05, 0.1) is 25.0 Å². The van der Waals surface area contributed by atoms with Gasteiger partial charge in [0.2, 0.25) is 10.0 Å². The van der Waals surface area contributed by atoms with Gasteiger partial charge in [-0.2, -0.15) is 0 Å². The summed E-state index contributed by atoms with van der Waals surface area (Å²) in [5, 5.41) is 3.04. The fraction of sp³-hybridized carbons (Fsp3) is 0.500. The van der Waals surface area contributed by atoms with E-state index in [0.29, 0.717) is 25.3 Å². The molecule has 0 saturated carbocycles. The van der Waals surface area contributed by atoms with Crippen LogP contribution in [0.4, 0.5) is 0 Å². The van der Waals surface area contributed by atoms with E-state index in [1.807, 2.05) is 0 Å². The molecular weight excluding hydrogens is 308 g/mol. The molecule has 0 spiro atoms. The van der Waals surface area contributed by atoms with Gasteiger partial charge in [0.1, 0.15) is 0 Å². The van der Waals surface area contributed by atoms with Crippen LogP contribution >= 0.6 is 0 Å². The predicted octanol–water partition coefficient (Wildman–Crippen LogP) is 0.129. The zero-order chi connectivity index (χ0) is 16.4. The van der Waals surface area contributed by atoms with E-state index in [1.54, 1.807) is 31.4 Å². The van der Waals surface area contributed by atoms with Gasteiger partial charge in [-0.05, 0) is 11.6 Å². The number of rotatable bonds is 10. The lowest BCUT2D eigenvalue weighted by Crippen LogP contribution is -2.34. The number of carbonyl (C=O) groups is 1. The monoisotopic (exact) mass is 330 g/mol. The second-order valence-corrected chi connectivity index (χ2v) is 6.35. The van der Waals surface area contributed by atoms with E-state index < -0.39 is 16.0 Å². The van der Waals surface area contributed by atoms with Crippen LogP contribution in [0.25, 0.3) is 0 Å². The molecule has 7 nitrogen and oxygen atoms in total. The van der Waals surface area contributed by atoms with Crippen molar-refractivity contribution in [2.75, 3.05) is 40.5 Å². The summed E-state index contributed by atoms with van der Waals surface area (Å²) in [5.74, 6) is -0.817. The second-order valence-electron chi connectivity index (χ2n) is 4.54. The molecule has 0 aromatic heterocycles. The van der Waals surface area contributed by atoms with Crippen molar-refractivity contribution in [2.45, 2.75) is 5.75 Å². The Kier molecular flexibility index (Phi) is 8.03.